The zero-order chi connectivity index (χ0) is 12.5. The molecule has 2 fully saturated rings. The number of aliphatic carboxylic acids is 1. The number of carbonyl (C=O) groups is 1. The van der Waals surface area contributed by atoms with Gasteiger partial charge in [-0.2, -0.15) is 0 Å². The molecule has 0 amide bonds. The standard InChI is InChI=1S/C11H19NO4S/c13-10(14)11(6-2-3-7-12-11)9-5-1-4-8-17(9,15)16/h9,12H,1-8H2,(H,13,14). The molecule has 6 heteroatoms. The first-order valence-corrected chi connectivity index (χ1v) is 7.90. The molecular weight excluding hydrogens is 242 g/mol. The summed E-state index contributed by atoms with van der Waals surface area (Å²) in [5.41, 5.74) is -1.24. The first-order chi connectivity index (χ1) is 7.99. The molecule has 0 saturated carbocycles. The summed E-state index contributed by atoms with van der Waals surface area (Å²) in [5, 5.41) is 11.7. The van der Waals surface area contributed by atoms with Crippen molar-refractivity contribution in [3.05, 3.63) is 0 Å². The third-order valence-corrected chi connectivity index (χ3v) is 6.31. The minimum absolute atomic E-state index is 0.133. The van der Waals surface area contributed by atoms with Crippen molar-refractivity contribution in [2.75, 3.05) is 12.3 Å². The van der Waals surface area contributed by atoms with Crippen molar-refractivity contribution in [3.63, 3.8) is 0 Å². The van der Waals surface area contributed by atoms with E-state index >= 15 is 0 Å². The van der Waals surface area contributed by atoms with E-state index in [0.717, 1.165) is 19.3 Å². The van der Waals surface area contributed by atoms with Crippen LogP contribution >= 0.6 is 0 Å². The second-order valence-corrected chi connectivity index (χ2v) is 7.31. The van der Waals surface area contributed by atoms with Crippen LogP contribution in [0.5, 0.6) is 0 Å². The van der Waals surface area contributed by atoms with Gasteiger partial charge < -0.3 is 10.4 Å². The van der Waals surface area contributed by atoms with Crippen LogP contribution in [-0.2, 0) is 14.6 Å². The van der Waals surface area contributed by atoms with Crippen LogP contribution in [0.3, 0.4) is 0 Å². The maximum atomic E-state index is 12.1. The Morgan fingerprint density at radius 3 is 2.53 bits per heavy atom. The van der Waals surface area contributed by atoms with Crippen LogP contribution in [0.4, 0.5) is 0 Å². The maximum Gasteiger partial charge on any atom is 0.325 e. The van der Waals surface area contributed by atoms with E-state index in [1.165, 1.54) is 0 Å². The van der Waals surface area contributed by atoms with Gasteiger partial charge in [0.05, 0.1) is 11.0 Å². The van der Waals surface area contributed by atoms with E-state index in [-0.39, 0.29) is 5.75 Å². The van der Waals surface area contributed by atoms with E-state index in [1.807, 2.05) is 0 Å². The number of carboxylic acid groups (broad SMARTS) is 1. The molecule has 2 saturated heterocycles. The van der Waals surface area contributed by atoms with E-state index in [4.69, 9.17) is 0 Å². The SMILES string of the molecule is O=C(O)C1(C2CCCCS2(=O)=O)CCCCN1. The van der Waals surface area contributed by atoms with Gasteiger partial charge in [-0.1, -0.05) is 6.42 Å². The Hall–Kier alpha value is -0.620. The number of nitrogens with one attached hydrogen (secondary N) is 1. The largest absolute Gasteiger partial charge is 0.480 e. The molecule has 2 aliphatic rings. The summed E-state index contributed by atoms with van der Waals surface area (Å²) in [6.45, 7) is 0.596. The summed E-state index contributed by atoms with van der Waals surface area (Å²) < 4.78 is 24.2. The van der Waals surface area contributed by atoms with Crippen LogP contribution in [-0.4, -0.2) is 42.6 Å². The molecule has 2 heterocycles. The average Bonchev–Trinajstić information content (AvgIpc) is 2.29. The van der Waals surface area contributed by atoms with Gasteiger partial charge in [0.1, 0.15) is 5.54 Å². The second kappa shape index (κ2) is 4.57. The third-order valence-electron chi connectivity index (χ3n) is 3.95. The predicted octanol–water partition coefficient (Wildman–Crippen LogP) is 0.551. The molecule has 0 bridgehead atoms. The first-order valence-electron chi connectivity index (χ1n) is 6.19. The Bertz CT molecular complexity index is 398. The van der Waals surface area contributed by atoms with Gasteiger partial charge in [-0.3, -0.25) is 4.79 Å². The zero-order valence-corrected chi connectivity index (χ0v) is 10.6. The topological polar surface area (TPSA) is 83.5 Å². The normalized spacial score (nSPS) is 37.5. The molecule has 2 N–H and O–H groups in total. The molecule has 2 aliphatic heterocycles. The minimum Gasteiger partial charge on any atom is -0.480 e. The van der Waals surface area contributed by atoms with Crippen LogP contribution in [0.1, 0.15) is 38.5 Å². The summed E-state index contributed by atoms with van der Waals surface area (Å²) in [4.78, 5) is 11.5. The molecule has 0 spiro atoms. The van der Waals surface area contributed by atoms with Crippen molar-refractivity contribution in [3.8, 4) is 0 Å². The summed E-state index contributed by atoms with van der Waals surface area (Å²) >= 11 is 0. The predicted molar refractivity (Wildman–Crippen MR) is 63.6 cm³/mol. The van der Waals surface area contributed by atoms with E-state index in [1.54, 1.807) is 0 Å². The Kier molecular flexibility index (Phi) is 3.45. The molecule has 17 heavy (non-hydrogen) atoms. The quantitative estimate of drug-likeness (QED) is 0.758. The fourth-order valence-electron chi connectivity index (χ4n) is 3.03. The Balaban J connectivity index is 2.35. The van der Waals surface area contributed by atoms with Gasteiger partial charge >= 0.3 is 5.97 Å². The Morgan fingerprint density at radius 1 is 1.24 bits per heavy atom. The minimum atomic E-state index is -3.27. The summed E-state index contributed by atoms with van der Waals surface area (Å²) in [6.07, 6.45) is 4.07. The molecule has 0 aromatic rings. The Labute approximate surface area is 102 Å². The second-order valence-electron chi connectivity index (χ2n) is 5.01. The van der Waals surface area contributed by atoms with Crippen LogP contribution < -0.4 is 5.32 Å². The summed E-state index contributed by atoms with van der Waals surface area (Å²) in [6, 6.07) is 0. The lowest BCUT2D eigenvalue weighted by Gasteiger charge is -2.41. The van der Waals surface area contributed by atoms with Gasteiger partial charge in [0.15, 0.2) is 9.84 Å². The smallest absolute Gasteiger partial charge is 0.325 e. The molecule has 5 nitrogen and oxygen atoms in total. The molecule has 98 valence electrons. The van der Waals surface area contributed by atoms with Crippen LogP contribution in [0.25, 0.3) is 0 Å². The van der Waals surface area contributed by atoms with E-state index in [0.29, 0.717) is 25.8 Å². The van der Waals surface area contributed by atoms with Crippen molar-refractivity contribution < 1.29 is 18.3 Å². The van der Waals surface area contributed by atoms with Gasteiger partial charge in [-0.05, 0) is 38.6 Å². The van der Waals surface area contributed by atoms with E-state index in [9.17, 15) is 18.3 Å². The number of sulfone groups is 1. The van der Waals surface area contributed by atoms with Gasteiger partial charge in [-0.15, -0.1) is 0 Å². The maximum absolute atomic E-state index is 12.1. The number of hydrogen-bond donors (Lipinski definition) is 2. The molecular formula is C11H19NO4S. The molecule has 0 radical (unpaired) electrons. The molecule has 2 atom stereocenters. The fraction of sp³-hybridized carbons (Fsp3) is 0.909. The van der Waals surface area contributed by atoms with Crippen molar-refractivity contribution in [2.24, 2.45) is 0 Å². The van der Waals surface area contributed by atoms with Crippen LogP contribution in [0.15, 0.2) is 0 Å². The van der Waals surface area contributed by atoms with Crippen molar-refractivity contribution in [2.45, 2.75) is 49.3 Å². The highest BCUT2D eigenvalue weighted by Crippen LogP contribution is 2.34. The first kappa shape index (κ1) is 12.8. The molecule has 0 aromatic heterocycles. The van der Waals surface area contributed by atoms with Gasteiger partial charge in [0.25, 0.3) is 0 Å². The van der Waals surface area contributed by atoms with Gasteiger partial charge in [0, 0.05) is 0 Å². The number of carboxylic acids is 1. The lowest BCUT2D eigenvalue weighted by molar-refractivity contribution is -0.146. The molecule has 0 aromatic carbocycles. The van der Waals surface area contributed by atoms with E-state index in [2.05, 4.69) is 5.32 Å². The zero-order valence-electron chi connectivity index (χ0n) is 9.81. The highest BCUT2D eigenvalue weighted by Gasteiger charge is 2.52. The van der Waals surface area contributed by atoms with Crippen LogP contribution in [0.2, 0.25) is 0 Å². The lowest BCUT2D eigenvalue weighted by Crippen LogP contribution is -2.65. The van der Waals surface area contributed by atoms with E-state index < -0.39 is 26.6 Å². The Morgan fingerprint density at radius 2 is 2.00 bits per heavy atom. The fourth-order valence-corrected chi connectivity index (χ4v) is 5.36. The molecule has 0 aliphatic carbocycles. The summed E-state index contributed by atoms with van der Waals surface area (Å²) in [7, 11) is -3.27. The number of hydrogen-bond acceptors (Lipinski definition) is 4. The van der Waals surface area contributed by atoms with Crippen molar-refractivity contribution >= 4 is 15.8 Å². The highest BCUT2D eigenvalue weighted by atomic mass is 32.2. The van der Waals surface area contributed by atoms with Gasteiger partial charge in [0.2, 0.25) is 0 Å². The number of piperidine rings is 1. The monoisotopic (exact) mass is 261 g/mol. The van der Waals surface area contributed by atoms with Gasteiger partial charge in [-0.25, -0.2) is 8.42 Å². The highest BCUT2D eigenvalue weighted by molar-refractivity contribution is 7.92. The average molecular weight is 261 g/mol. The summed E-state index contributed by atoms with van der Waals surface area (Å²) in [5.74, 6) is -0.873. The third kappa shape index (κ3) is 2.20. The molecule has 2 rings (SSSR count). The molecule has 2 unspecified atom stereocenters. The number of rotatable bonds is 2. The van der Waals surface area contributed by atoms with Crippen LogP contribution in [0, 0.1) is 0 Å². The lowest BCUT2D eigenvalue weighted by atomic mass is 9.83. The van der Waals surface area contributed by atoms with Crippen molar-refractivity contribution in [1.29, 1.82) is 0 Å². The van der Waals surface area contributed by atoms with Crippen molar-refractivity contribution in [1.82, 2.24) is 5.32 Å².